The summed E-state index contributed by atoms with van der Waals surface area (Å²) in [6, 6.07) is -0.0770. The zero-order chi connectivity index (χ0) is 9.97. The molecule has 7 nitrogen and oxygen atoms in total. The third-order valence-corrected chi connectivity index (χ3v) is 2.09. The van der Waals surface area contributed by atoms with E-state index in [1.165, 1.54) is 12.5 Å². The molecule has 0 unspecified atom stereocenters. The second kappa shape index (κ2) is 3.39. The molecule has 72 valence electrons. The van der Waals surface area contributed by atoms with Crippen LogP contribution in [0.5, 0.6) is 0 Å². The summed E-state index contributed by atoms with van der Waals surface area (Å²) in [5, 5.41) is 3.50. The number of H-pyrrole nitrogens is 1. The van der Waals surface area contributed by atoms with Gasteiger partial charge in [0.2, 0.25) is 0 Å². The van der Waals surface area contributed by atoms with E-state index in [1.54, 1.807) is 4.90 Å². The van der Waals surface area contributed by atoms with Gasteiger partial charge in [0.1, 0.15) is 5.69 Å². The van der Waals surface area contributed by atoms with E-state index in [1.807, 2.05) is 0 Å². The van der Waals surface area contributed by atoms with Gasteiger partial charge in [-0.3, -0.25) is 4.79 Å². The number of rotatable bonds is 2. The van der Waals surface area contributed by atoms with Crippen LogP contribution in [0.3, 0.4) is 0 Å². The van der Waals surface area contributed by atoms with Crippen molar-refractivity contribution in [1.29, 1.82) is 0 Å². The molecule has 1 amide bonds. The molecule has 7 heteroatoms. The van der Waals surface area contributed by atoms with Crippen LogP contribution in [0.2, 0.25) is 0 Å². The van der Waals surface area contributed by atoms with Crippen molar-refractivity contribution in [3.05, 3.63) is 28.7 Å². The molecule has 0 atom stereocenters. The lowest BCUT2D eigenvalue weighted by atomic mass is 10.1. The van der Waals surface area contributed by atoms with Crippen LogP contribution in [0.1, 0.15) is 10.5 Å². The van der Waals surface area contributed by atoms with E-state index in [0.29, 0.717) is 18.8 Å². The second-order valence-corrected chi connectivity index (χ2v) is 3.03. The Morgan fingerprint density at radius 2 is 2.57 bits per heavy atom. The van der Waals surface area contributed by atoms with Crippen LogP contribution in [0, 0.1) is 0 Å². The minimum Gasteiger partial charge on any atom is -0.341 e. The molecular weight excluding hydrogens is 184 g/mol. The number of imidazole rings is 1. The van der Waals surface area contributed by atoms with Crippen LogP contribution in [0.15, 0.2) is 17.6 Å². The van der Waals surface area contributed by atoms with Crippen molar-refractivity contribution in [3.63, 3.8) is 0 Å². The SMILES string of the molecule is [N-]=[N+]=NC1CN(C(=O)c2cnc[nH]2)C1. The summed E-state index contributed by atoms with van der Waals surface area (Å²) in [7, 11) is 0. The van der Waals surface area contributed by atoms with Gasteiger partial charge < -0.3 is 9.88 Å². The molecule has 0 aromatic carbocycles. The summed E-state index contributed by atoms with van der Waals surface area (Å²) in [4.78, 5) is 22.3. The van der Waals surface area contributed by atoms with E-state index in [2.05, 4.69) is 20.0 Å². The Morgan fingerprint density at radius 1 is 1.79 bits per heavy atom. The molecule has 0 radical (unpaired) electrons. The monoisotopic (exact) mass is 192 g/mol. The fourth-order valence-corrected chi connectivity index (χ4v) is 1.31. The van der Waals surface area contributed by atoms with Gasteiger partial charge in [0, 0.05) is 18.0 Å². The molecule has 2 rings (SSSR count). The lowest BCUT2D eigenvalue weighted by molar-refractivity contribution is 0.0603. The van der Waals surface area contributed by atoms with Gasteiger partial charge in [-0.1, -0.05) is 5.11 Å². The second-order valence-electron chi connectivity index (χ2n) is 3.03. The van der Waals surface area contributed by atoms with Gasteiger partial charge in [0.15, 0.2) is 0 Å². The van der Waals surface area contributed by atoms with Crippen LogP contribution in [0.25, 0.3) is 10.4 Å². The quantitative estimate of drug-likeness (QED) is 0.420. The van der Waals surface area contributed by atoms with Crippen molar-refractivity contribution in [3.8, 4) is 0 Å². The average molecular weight is 192 g/mol. The zero-order valence-electron chi connectivity index (χ0n) is 7.29. The number of carbonyl (C=O) groups is 1. The molecule has 0 saturated carbocycles. The Kier molecular flexibility index (Phi) is 2.08. The van der Waals surface area contributed by atoms with E-state index in [9.17, 15) is 4.79 Å². The average Bonchev–Trinajstić information content (AvgIpc) is 2.62. The van der Waals surface area contributed by atoms with Crippen molar-refractivity contribution in [1.82, 2.24) is 14.9 Å². The predicted octanol–water partition coefficient (Wildman–Crippen LogP) is 0.544. The maximum atomic E-state index is 11.6. The number of hydrogen-bond acceptors (Lipinski definition) is 3. The predicted molar refractivity (Wildman–Crippen MR) is 47.4 cm³/mol. The molecule has 0 spiro atoms. The lowest BCUT2D eigenvalue weighted by Gasteiger charge is -2.36. The summed E-state index contributed by atoms with van der Waals surface area (Å²) in [5.41, 5.74) is 8.61. The Labute approximate surface area is 79.4 Å². The maximum absolute atomic E-state index is 11.6. The molecule has 1 aliphatic rings. The molecule has 2 heterocycles. The van der Waals surface area contributed by atoms with Crippen molar-refractivity contribution in [2.24, 2.45) is 5.11 Å². The van der Waals surface area contributed by atoms with Crippen LogP contribution in [-0.2, 0) is 0 Å². The van der Waals surface area contributed by atoms with E-state index in [0.717, 1.165) is 0 Å². The maximum Gasteiger partial charge on any atom is 0.271 e. The third-order valence-electron chi connectivity index (χ3n) is 2.09. The molecule has 1 aromatic heterocycles. The van der Waals surface area contributed by atoms with Crippen molar-refractivity contribution < 1.29 is 4.79 Å². The number of carbonyl (C=O) groups excluding carboxylic acids is 1. The fraction of sp³-hybridized carbons (Fsp3) is 0.429. The summed E-state index contributed by atoms with van der Waals surface area (Å²) in [6.07, 6.45) is 2.93. The molecule has 1 saturated heterocycles. The minimum atomic E-state index is -0.105. The molecule has 1 N–H and O–H groups in total. The molecule has 14 heavy (non-hydrogen) atoms. The highest BCUT2D eigenvalue weighted by Gasteiger charge is 2.30. The van der Waals surface area contributed by atoms with Crippen LogP contribution in [-0.4, -0.2) is 39.9 Å². The highest BCUT2D eigenvalue weighted by Crippen LogP contribution is 2.14. The van der Waals surface area contributed by atoms with Crippen LogP contribution in [0.4, 0.5) is 0 Å². The number of azide groups is 1. The number of nitrogens with zero attached hydrogens (tertiary/aromatic N) is 5. The fourth-order valence-electron chi connectivity index (χ4n) is 1.31. The Morgan fingerprint density at radius 3 is 3.14 bits per heavy atom. The molecule has 0 bridgehead atoms. The van der Waals surface area contributed by atoms with Gasteiger partial charge in [0.05, 0.1) is 18.6 Å². The highest BCUT2D eigenvalue weighted by molar-refractivity contribution is 5.92. The molecule has 1 aromatic rings. The van der Waals surface area contributed by atoms with Gasteiger partial charge in [0.25, 0.3) is 5.91 Å². The largest absolute Gasteiger partial charge is 0.341 e. The highest BCUT2D eigenvalue weighted by atomic mass is 16.2. The number of aromatic amines is 1. The number of nitrogens with one attached hydrogen (secondary N) is 1. The van der Waals surface area contributed by atoms with Crippen LogP contribution >= 0.6 is 0 Å². The first kappa shape index (κ1) is 8.58. The lowest BCUT2D eigenvalue weighted by Crippen LogP contribution is -2.52. The summed E-state index contributed by atoms with van der Waals surface area (Å²) in [6.45, 7) is 0.976. The number of likely N-dealkylation sites (tertiary alicyclic amines) is 1. The first-order chi connectivity index (χ1) is 6.81. The Bertz CT molecular complexity index is 373. The standard InChI is InChI=1S/C7H8N6O/c8-12-11-5-2-13(3-5)7(14)6-1-9-4-10-6/h1,4-5H,2-3H2,(H,9,10). The van der Waals surface area contributed by atoms with Crippen LogP contribution < -0.4 is 0 Å². The van der Waals surface area contributed by atoms with Crippen molar-refractivity contribution in [2.45, 2.75) is 6.04 Å². The van der Waals surface area contributed by atoms with E-state index < -0.39 is 0 Å². The summed E-state index contributed by atoms with van der Waals surface area (Å²) in [5.74, 6) is -0.105. The molecule has 0 aliphatic carbocycles. The van der Waals surface area contributed by atoms with Gasteiger partial charge in [-0.05, 0) is 5.53 Å². The first-order valence-corrected chi connectivity index (χ1v) is 4.13. The van der Waals surface area contributed by atoms with Gasteiger partial charge >= 0.3 is 0 Å². The summed E-state index contributed by atoms with van der Waals surface area (Å²) >= 11 is 0. The van der Waals surface area contributed by atoms with E-state index in [4.69, 9.17) is 5.53 Å². The van der Waals surface area contributed by atoms with Crippen molar-refractivity contribution >= 4 is 5.91 Å². The van der Waals surface area contributed by atoms with Gasteiger partial charge in [-0.2, -0.15) is 0 Å². The van der Waals surface area contributed by atoms with E-state index >= 15 is 0 Å². The number of hydrogen-bond donors (Lipinski definition) is 1. The first-order valence-electron chi connectivity index (χ1n) is 4.13. The van der Waals surface area contributed by atoms with E-state index in [-0.39, 0.29) is 11.9 Å². The number of aromatic nitrogens is 2. The molecule has 1 fully saturated rings. The van der Waals surface area contributed by atoms with Gasteiger partial charge in [-0.25, -0.2) is 4.98 Å². The Hall–Kier alpha value is -2.01. The summed E-state index contributed by atoms with van der Waals surface area (Å²) < 4.78 is 0. The topological polar surface area (TPSA) is 97.8 Å². The number of amides is 1. The molecule has 1 aliphatic heterocycles. The smallest absolute Gasteiger partial charge is 0.271 e. The zero-order valence-corrected chi connectivity index (χ0v) is 7.29. The minimum absolute atomic E-state index is 0.0770. The Balaban J connectivity index is 1.94. The third kappa shape index (κ3) is 1.40. The normalized spacial score (nSPS) is 15.9. The van der Waals surface area contributed by atoms with Gasteiger partial charge in [-0.15, -0.1) is 0 Å². The van der Waals surface area contributed by atoms with Crippen molar-refractivity contribution in [2.75, 3.05) is 13.1 Å². The molecular formula is C7H8N6O.